The zero-order chi connectivity index (χ0) is 22.7. The Balaban J connectivity index is 1.42. The molecule has 2 fully saturated rings. The Morgan fingerprint density at radius 3 is 2.72 bits per heavy atom. The highest BCUT2D eigenvalue weighted by Crippen LogP contribution is 2.33. The van der Waals surface area contributed by atoms with E-state index in [2.05, 4.69) is 27.0 Å². The lowest BCUT2D eigenvalue weighted by atomic mass is 9.92. The van der Waals surface area contributed by atoms with E-state index in [9.17, 15) is 19.6 Å². The molecule has 168 valence electrons. The Morgan fingerprint density at radius 1 is 1.22 bits per heavy atom. The van der Waals surface area contributed by atoms with Crippen LogP contribution in [0.1, 0.15) is 49.0 Å². The number of rotatable bonds is 8. The molecule has 8 nitrogen and oxygen atoms in total. The number of piperidine rings is 1. The normalized spacial score (nSPS) is 20.1. The zero-order valence-electron chi connectivity index (χ0n) is 17.6. The maximum Gasteiger partial charge on any atom is 0.268 e. The number of fused-ring (bicyclic) bond motifs is 1. The Bertz CT molecular complexity index is 1070. The highest BCUT2D eigenvalue weighted by atomic mass is 35.5. The van der Waals surface area contributed by atoms with Gasteiger partial charge in [-0.15, -0.1) is 0 Å². The van der Waals surface area contributed by atoms with Crippen LogP contribution in [0.25, 0.3) is 10.9 Å². The fourth-order valence-corrected chi connectivity index (χ4v) is 4.39. The topological polar surface area (TPSA) is 127 Å². The summed E-state index contributed by atoms with van der Waals surface area (Å²) < 4.78 is 0. The molecule has 2 aliphatic rings. The number of aromatic amines is 1. The van der Waals surface area contributed by atoms with Crippen LogP contribution in [-0.2, 0) is 9.59 Å². The van der Waals surface area contributed by atoms with Crippen molar-refractivity contribution >= 4 is 40.2 Å². The quantitative estimate of drug-likeness (QED) is 0.488. The monoisotopic (exact) mass is 455 g/mol. The predicted octanol–water partition coefficient (Wildman–Crippen LogP) is 2.64. The first-order valence-electron chi connectivity index (χ1n) is 11.0. The Morgan fingerprint density at radius 2 is 2.03 bits per heavy atom. The number of hydrogen-bond acceptors (Lipinski definition) is 4. The summed E-state index contributed by atoms with van der Waals surface area (Å²) in [5, 5.41) is 19.2. The number of nitrogens with one attached hydrogen (secondary N) is 4. The van der Waals surface area contributed by atoms with E-state index in [1.165, 1.54) is 0 Å². The van der Waals surface area contributed by atoms with Crippen LogP contribution in [0.15, 0.2) is 24.3 Å². The van der Waals surface area contributed by atoms with Crippen LogP contribution in [0.5, 0.6) is 0 Å². The van der Waals surface area contributed by atoms with Crippen LogP contribution < -0.4 is 16.0 Å². The van der Waals surface area contributed by atoms with Crippen molar-refractivity contribution in [2.24, 2.45) is 11.8 Å². The number of amides is 3. The van der Waals surface area contributed by atoms with E-state index < -0.39 is 23.9 Å². The number of carbonyl (C=O) groups excluding carboxylic acids is 3. The van der Waals surface area contributed by atoms with Gasteiger partial charge in [-0.1, -0.05) is 36.6 Å². The molecule has 0 unspecified atom stereocenters. The lowest BCUT2D eigenvalue weighted by molar-refractivity contribution is -0.128. The molecular formula is C23H26ClN5O3. The summed E-state index contributed by atoms with van der Waals surface area (Å²) in [6.07, 6.45) is 4.37. The van der Waals surface area contributed by atoms with Gasteiger partial charge in [0.05, 0.1) is 16.6 Å². The van der Waals surface area contributed by atoms with Crippen molar-refractivity contribution in [1.29, 1.82) is 5.26 Å². The minimum atomic E-state index is -0.790. The average molecular weight is 456 g/mol. The molecule has 2 aromatic rings. The third-order valence-electron chi connectivity index (χ3n) is 6.13. The molecule has 1 aromatic heterocycles. The number of H-pyrrole nitrogens is 1. The second-order valence-corrected chi connectivity index (χ2v) is 9.06. The molecule has 4 N–H and O–H groups in total. The van der Waals surface area contributed by atoms with Gasteiger partial charge in [0.2, 0.25) is 11.8 Å². The number of halogens is 1. The van der Waals surface area contributed by atoms with Gasteiger partial charge in [-0.05, 0) is 43.7 Å². The van der Waals surface area contributed by atoms with Gasteiger partial charge in [0, 0.05) is 17.8 Å². The van der Waals surface area contributed by atoms with E-state index in [0.717, 1.165) is 24.6 Å². The molecule has 1 saturated heterocycles. The summed E-state index contributed by atoms with van der Waals surface area (Å²) in [5.74, 6) is -0.791. The maximum atomic E-state index is 13.0. The molecule has 1 aliphatic heterocycles. The van der Waals surface area contributed by atoms with Crippen molar-refractivity contribution < 1.29 is 14.4 Å². The minimum Gasteiger partial charge on any atom is -0.356 e. The molecule has 4 rings (SSSR count). The largest absolute Gasteiger partial charge is 0.356 e. The summed E-state index contributed by atoms with van der Waals surface area (Å²) in [7, 11) is 0. The summed E-state index contributed by atoms with van der Waals surface area (Å²) in [4.78, 5) is 40.9. The SMILES string of the molecule is N#C[C@H](C[C@@H]1CCCNC1=O)NC(=O)[C@H](CC1CC1)NC(=O)c1cc2cccc(Cl)c2[nH]1. The standard InChI is InChI=1S/C23H26ClN5O3/c24-17-5-1-3-14-11-19(28-20(14)17)23(32)29-18(9-13-6-7-13)22(31)27-16(12-25)10-15-4-2-8-26-21(15)30/h1,3,5,11,13,15-16,18,28H,2,4,6-10H2,(H,26,30)(H,27,31)(H,29,32)/t15-,16-,18-/m0/s1. The zero-order valence-corrected chi connectivity index (χ0v) is 18.4. The summed E-state index contributed by atoms with van der Waals surface area (Å²) in [6.45, 7) is 0.646. The van der Waals surface area contributed by atoms with E-state index in [1.54, 1.807) is 18.2 Å². The van der Waals surface area contributed by atoms with Gasteiger partial charge in [0.1, 0.15) is 17.8 Å². The first-order chi connectivity index (χ1) is 15.4. The van der Waals surface area contributed by atoms with Crippen molar-refractivity contribution in [3.8, 4) is 6.07 Å². The number of nitrogens with zero attached hydrogens (tertiary/aromatic N) is 1. The third kappa shape index (κ3) is 5.22. The fraction of sp³-hybridized carbons (Fsp3) is 0.478. The first kappa shape index (κ1) is 22.2. The van der Waals surface area contributed by atoms with Gasteiger partial charge in [-0.2, -0.15) is 5.26 Å². The number of benzene rings is 1. The average Bonchev–Trinajstić information content (AvgIpc) is 3.48. The van der Waals surface area contributed by atoms with Crippen LogP contribution in [0, 0.1) is 23.2 Å². The van der Waals surface area contributed by atoms with Crippen LogP contribution in [-0.4, -0.2) is 41.3 Å². The van der Waals surface area contributed by atoms with Gasteiger partial charge >= 0.3 is 0 Å². The molecule has 32 heavy (non-hydrogen) atoms. The van der Waals surface area contributed by atoms with E-state index in [-0.39, 0.29) is 18.2 Å². The van der Waals surface area contributed by atoms with E-state index in [0.29, 0.717) is 41.5 Å². The summed E-state index contributed by atoms with van der Waals surface area (Å²) in [5.41, 5.74) is 0.982. The Labute approximate surface area is 191 Å². The molecule has 1 aliphatic carbocycles. The molecular weight excluding hydrogens is 430 g/mol. The van der Waals surface area contributed by atoms with Crippen LogP contribution >= 0.6 is 11.6 Å². The molecule has 1 saturated carbocycles. The number of carbonyl (C=O) groups is 3. The number of nitriles is 1. The van der Waals surface area contributed by atoms with Crippen LogP contribution in [0.2, 0.25) is 5.02 Å². The summed E-state index contributed by atoms with van der Waals surface area (Å²) in [6, 6.07) is 7.63. The van der Waals surface area contributed by atoms with E-state index in [1.807, 2.05) is 6.07 Å². The first-order valence-corrected chi connectivity index (χ1v) is 11.4. The number of hydrogen-bond donors (Lipinski definition) is 4. The van der Waals surface area contributed by atoms with Crippen molar-refractivity contribution in [1.82, 2.24) is 20.9 Å². The van der Waals surface area contributed by atoms with E-state index >= 15 is 0 Å². The number of para-hydroxylation sites is 1. The molecule has 3 amide bonds. The molecule has 1 aromatic carbocycles. The highest BCUT2D eigenvalue weighted by Gasteiger charge is 2.33. The molecule has 0 bridgehead atoms. The second-order valence-electron chi connectivity index (χ2n) is 8.65. The Hall–Kier alpha value is -3.05. The maximum absolute atomic E-state index is 13.0. The van der Waals surface area contributed by atoms with Crippen molar-refractivity contribution in [3.63, 3.8) is 0 Å². The van der Waals surface area contributed by atoms with Gasteiger partial charge in [-0.3, -0.25) is 14.4 Å². The van der Waals surface area contributed by atoms with Crippen LogP contribution in [0.4, 0.5) is 0 Å². The highest BCUT2D eigenvalue weighted by molar-refractivity contribution is 6.35. The molecule has 0 radical (unpaired) electrons. The lowest BCUT2D eigenvalue weighted by Crippen LogP contribution is -2.50. The van der Waals surface area contributed by atoms with Gasteiger partial charge in [0.25, 0.3) is 5.91 Å². The van der Waals surface area contributed by atoms with Crippen molar-refractivity contribution in [2.45, 2.75) is 50.6 Å². The second kappa shape index (κ2) is 9.61. The summed E-state index contributed by atoms with van der Waals surface area (Å²) >= 11 is 6.19. The van der Waals surface area contributed by atoms with Crippen molar-refractivity contribution in [2.75, 3.05) is 6.54 Å². The van der Waals surface area contributed by atoms with Gasteiger partial charge in [-0.25, -0.2) is 0 Å². The van der Waals surface area contributed by atoms with Crippen LogP contribution in [0.3, 0.4) is 0 Å². The third-order valence-corrected chi connectivity index (χ3v) is 6.44. The molecule has 2 heterocycles. The molecule has 0 spiro atoms. The van der Waals surface area contributed by atoms with Gasteiger partial charge in [0.15, 0.2) is 0 Å². The smallest absolute Gasteiger partial charge is 0.268 e. The van der Waals surface area contributed by atoms with Gasteiger partial charge < -0.3 is 20.9 Å². The molecule has 3 atom stereocenters. The predicted molar refractivity (Wildman–Crippen MR) is 120 cm³/mol. The lowest BCUT2D eigenvalue weighted by Gasteiger charge is -2.25. The number of aromatic nitrogens is 1. The minimum absolute atomic E-state index is 0.0777. The fourth-order valence-electron chi connectivity index (χ4n) is 4.16. The van der Waals surface area contributed by atoms with Crippen molar-refractivity contribution in [3.05, 3.63) is 35.0 Å². The Kier molecular flexibility index (Phi) is 6.66. The molecule has 9 heteroatoms. The van der Waals surface area contributed by atoms with E-state index in [4.69, 9.17) is 11.6 Å².